The highest BCUT2D eigenvalue weighted by molar-refractivity contribution is 7.89. The van der Waals surface area contributed by atoms with E-state index in [1.54, 1.807) is 4.90 Å². The van der Waals surface area contributed by atoms with Gasteiger partial charge in [-0.05, 0) is 37.8 Å². The number of carbonyl (C=O) groups excluding carboxylic acids is 1. The number of rotatable bonds is 4. The van der Waals surface area contributed by atoms with Crippen LogP contribution in [-0.4, -0.2) is 54.1 Å². The van der Waals surface area contributed by atoms with Crippen LogP contribution in [0.15, 0.2) is 29.2 Å². The van der Waals surface area contributed by atoms with Crippen molar-refractivity contribution in [3.8, 4) is 0 Å². The minimum atomic E-state index is -3.87. The van der Waals surface area contributed by atoms with E-state index in [9.17, 15) is 23.3 Å². The largest absolute Gasteiger partial charge is 0.341 e. The quantitative estimate of drug-likeness (QED) is 0.596. The number of likely N-dealkylation sites (tertiary alicyclic amines) is 1. The van der Waals surface area contributed by atoms with E-state index in [0.29, 0.717) is 32.5 Å². The first kappa shape index (κ1) is 17.8. The fourth-order valence-electron chi connectivity index (χ4n) is 3.46. The molecule has 2 saturated heterocycles. The third-order valence-electron chi connectivity index (χ3n) is 4.81. The van der Waals surface area contributed by atoms with E-state index < -0.39 is 21.0 Å². The molecule has 2 fully saturated rings. The summed E-state index contributed by atoms with van der Waals surface area (Å²) >= 11 is 0. The van der Waals surface area contributed by atoms with Crippen LogP contribution < -0.4 is 0 Å². The van der Waals surface area contributed by atoms with Crippen molar-refractivity contribution in [2.75, 3.05) is 19.6 Å². The van der Waals surface area contributed by atoms with Crippen LogP contribution in [0.25, 0.3) is 0 Å². The van der Waals surface area contributed by atoms with Crippen molar-refractivity contribution in [2.45, 2.75) is 43.0 Å². The Labute approximate surface area is 146 Å². The SMILES string of the molecule is O=C([C@@H]1CCCCN1S(=O)(=O)c1ccc([N+](=O)[O-])cc1)N1CCCC1. The number of nitro groups is 1. The molecule has 25 heavy (non-hydrogen) atoms. The van der Waals surface area contributed by atoms with E-state index in [-0.39, 0.29) is 16.5 Å². The van der Waals surface area contributed by atoms with E-state index in [1.165, 1.54) is 28.6 Å². The summed E-state index contributed by atoms with van der Waals surface area (Å²) in [5.41, 5.74) is -0.165. The summed E-state index contributed by atoms with van der Waals surface area (Å²) < 4.78 is 27.2. The van der Waals surface area contributed by atoms with Crippen LogP contribution in [0.4, 0.5) is 5.69 Å². The van der Waals surface area contributed by atoms with Crippen molar-refractivity contribution < 1.29 is 18.1 Å². The van der Waals surface area contributed by atoms with Crippen molar-refractivity contribution in [3.05, 3.63) is 34.4 Å². The fraction of sp³-hybridized carbons (Fsp3) is 0.562. The van der Waals surface area contributed by atoms with Gasteiger partial charge < -0.3 is 4.90 Å². The monoisotopic (exact) mass is 367 g/mol. The number of sulfonamides is 1. The molecule has 0 aliphatic carbocycles. The number of piperidine rings is 1. The number of hydrogen-bond donors (Lipinski definition) is 0. The molecule has 0 radical (unpaired) electrons. The van der Waals surface area contributed by atoms with E-state index in [0.717, 1.165) is 19.3 Å². The average Bonchev–Trinajstić information content (AvgIpc) is 3.16. The average molecular weight is 367 g/mol. The van der Waals surface area contributed by atoms with Gasteiger partial charge in [0.1, 0.15) is 6.04 Å². The Morgan fingerprint density at radius 2 is 1.64 bits per heavy atom. The predicted octanol–water partition coefficient (Wildman–Crippen LogP) is 1.76. The van der Waals surface area contributed by atoms with Gasteiger partial charge in [-0.3, -0.25) is 14.9 Å². The van der Waals surface area contributed by atoms with E-state index in [2.05, 4.69) is 0 Å². The molecule has 1 aromatic rings. The Bertz CT molecular complexity index is 756. The summed E-state index contributed by atoms with van der Waals surface area (Å²) in [5.74, 6) is -0.123. The van der Waals surface area contributed by atoms with Crippen LogP contribution >= 0.6 is 0 Å². The smallest absolute Gasteiger partial charge is 0.269 e. The van der Waals surface area contributed by atoms with Gasteiger partial charge in [-0.2, -0.15) is 4.31 Å². The van der Waals surface area contributed by atoms with Crippen LogP contribution in [0.2, 0.25) is 0 Å². The first-order valence-electron chi connectivity index (χ1n) is 8.46. The Hall–Kier alpha value is -2.00. The summed E-state index contributed by atoms with van der Waals surface area (Å²) in [6, 6.07) is 4.15. The number of nitrogens with zero attached hydrogens (tertiary/aromatic N) is 3. The summed E-state index contributed by atoms with van der Waals surface area (Å²) in [6.45, 7) is 1.66. The molecule has 8 nitrogen and oxygen atoms in total. The standard InChI is InChI=1S/C16H21N3O5S/c20-16(17-10-3-4-11-17)15-5-1-2-12-18(15)25(23,24)14-8-6-13(7-9-14)19(21)22/h6-9,15H,1-5,10-12H2/t15-/m0/s1. The highest BCUT2D eigenvalue weighted by atomic mass is 32.2. The molecular weight excluding hydrogens is 346 g/mol. The fourth-order valence-corrected chi connectivity index (χ4v) is 5.11. The first-order valence-corrected chi connectivity index (χ1v) is 9.90. The van der Waals surface area contributed by atoms with Gasteiger partial charge in [0.15, 0.2) is 0 Å². The molecule has 0 bridgehead atoms. The van der Waals surface area contributed by atoms with Crippen LogP contribution in [0.3, 0.4) is 0 Å². The molecule has 2 aliphatic heterocycles. The van der Waals surface area contributed by atoms with Crippen LogP contribution in [0, 0.1) is 10.1 Å². The Morgan fingerprint density at radius 3 is 2.24 bits per heavy atom. The van der Waals surface area contributed by atoms with Crippen LogP contribution in [-0.2, 0) is 14.8 Å². The minimum Gasteiger partial charge on any atom is -0.341 e. The summed E-state index contributed by atoms with van der Waals surface area (Å²) in [7, 11) is -3.87. The number of amides is 1. The third-order valence-corrected chi connectivity index (χ3v) is 6.73. The second-order valence-electron chi connectivity index (χ2n) is 6.41. The van der Waals surface area contributed by atoms with Crippen LogP contribution in [0.5, 0.6) is 0 Å². The number of nitro benzene ring substituents is 1. The highest BCUT2D eigenvalue weighted by Crippen LogP contribution is 2.28. The molecular formula is C16H21N3O5S. The normalized spacial score (nSPS) is 22.1. The number of hydrogen-bond acceptors (Lipinski definition) is 5. The Balaban J connectivity index is 1.87. The molecule has 0 spiro atoms. The second-order valence-corrected chi connectivity index (χ2v) is 8.30. The van der Waals surface area contributed by atoms with Crippen molar-refractivity contribution in [1.29, 1.82) is 0 Å². The predicted molar refractivity (Wildman–Crippen MR) is 90.4 cm³/mol. The highest BCUT2D eigenvalue weighted by Gasteiger charge is 2.39. The zero-order valence-electron chi connectivity index (χ0n) is 13.8. The lowest BCUT2D eigenvalue weighted by Gasteiger charge is -2.35. The molecule has 0 saturated carbocycles. The molecule has 2 heterocycles. The maximum Gasteiger partial charge on any atom is 0.269 e. The molecule has 1 amide bonds. The third kappa shape index (κ3) is 3.52. The van der Waals surface area contributed by atoms with Gasteiger partial charge in [0.25, 0.3) is 5.69 Å². The van der Waals surface area contributed by atoms with Crippen LogP contribution in [0.1, 0.15) is 32.1 Å². The second kappa shape index (κ2) is 7.09. The lowest BCUT2D eigenvalue weighted by molar-refractivity contribution is -0.384. The number of carbonyl (C=O) groups is 1. The van der Waals surface area contributed by atoms with Gasteiger partial charge >= 0.3 is 0 Å². The Kier molecular flexibility index (Phi) is 5.05. The van der Waals surface area contributed by atoms with Crippen molar-refractivity contribution in [1.82, 2.24) is 9.21 Å². The molecule has 1 atom stereocenters. The molecule has 0 unspecified atom stereocenters. The molecule has 0 aromatic heterocycles. The maximum absolute atomic E-state index is 13.0. The summed E-state index contributed by atoms with van der Waals surface area (Å²) in [6.07, 6.45) is 3.94. The van der Waals surface area contributed by atoms with E-state index in [4.69, 9.17) is 0 Å². The molecule has 2 aliphatic rings. The van der Waals surface area contributed by atoms with Gasteiger partial charge in [-0.25, -0.2) is 8.42 Å². The van der Waals surface area contributed by atoms with E-state index >= 15 is 0 Å². The lowest BCUT2D eigenvalue weighted by Crippen LogP contribution is -2.52. The van der Waals surface area contributed by atoms with Gasteiger partial charge in [0, 0.05) is 31.8 Å². The van der Waals surface area contributed by atoms with Gasteiger partial charge in [-0.15, -0.1) is 0 Å². The molecule has 0 N–H and O–H groups in total. The summed E-state index contributed by atoms with van der Waals surface area (Å²) in [4.78, 5) is 24.7. The first-order chi connectivity index (χ1) is 11.9. The molecule has 1 aromatic carbocycles. The van der Waals surface area contributed by atoms with Crippen molar-refractivity contribution in [2.24, 2.45) is 0 Å². The zero-order valence-corrected chi connectivity index (χ0v) is 14.7. The topological polar surface area (TPSA) is 101 Å². The lowest BCUT2D eigenvalue weighted by atomic mass is 10.0. The van der Waals surface area contributed by atoms with Gasteiger partial charge in [0.2, 0.25) is 15.9 Å². The molecule has 9 heteroatoms. The minimum absolute atomic E-state index is 0.0146. The summed E-state index contributed by atoms with van der Waals surface area (Å²) in [5, 5.41) is 10.7. The van der Waals surface area contributed by atoms with Crippen molar-refractivity contribution >= 4 is 21.6 Å². The Morgan fingerprint density at radius 1 is 1.04 bits per heavy atom. The molecule has 3 rings (SSSR count). The van der Waals surface area contributed by atoms with Crippen molar-refractivity contribution in [3.63, 3.8) is 0 Å². The van der Waals surface area contributed by atoms with E-state index in [1.807, 2.05) is 0 Å². The number of benzene rings is 1. The van der Waals surface area contributed by atoms with Gasteiger partial charge in [-0.1, -0.05) is 6.42 Å². The number of non-ortho nitro benzene ring substituents is 1. The maximum atomic E-state index is 13.0. The molecule has 136 valence electrons. The van der Waals surface area contributed by atoms with Gasteiger partial charge in [0.05, 0.1) is 9.82 Å². The zero-order chi connectivity index (χ0) is 18.0.